The molecule has 0 saturated carbocycles. The Labute approximate surface area is 175 Å². The van der Waals surface area contributed by atoms with Crippen molar-refractivity contribution in [3.63, 3.8) is 0 Å². The van der Waals surface area contributed by atoms with Crippen LogP contribution in [0.25, 0.3) is 10.6 Å². The number of nitrogens with zero attached hydrogens (tertiary/aromatic N) is 1. The number of hydrogen-bond acceptors (Lipinski definition) is 5. The number of hydrogen-bond donors (Lipinski definition) is 2. The molecule has 2 aromatic carbocycles. The van der Waals surface area contributed by atoms with Gasteiger partial charge in [0.25, 0.3) is 11.8 Å². The van der Waals surface area contributed by atoms with Crippen molar-refractivity contribution in [2.24, 2.45) is 0 Å². The number of thiazole rings is 1. The predicted molar refractivity (Wildman–Crippen MR) is 114 cm³/mol. The van der Waals surface area contributed by atoms with E-state index in [0.29, 0.717) is 22.1 Å². The number of carbonyl (C=O) groups excluding carboxylic acids is 2. The molecule has 6 nitrogen and oxygen atoms in total. The molecule has 2 amide bonds. The van der Waals surface area contributed by atoms with E-state index in [9.17, 15) is 9.59 Å². The van der Waals surface area contributed by atoms with Gasteiger partial charge in [-0.25, -0.2) is 4.98 Å². The van der Waals surface area contributed by atoms with Crippen molar-refractivity contribution < 1.29 is 14.0 Å². The highest BCUT2D eigenvalue weighted by Crippen LogP contribution is 2.25. The molecule has 144 valence electrons. The van der Waals surface area contributed by atoms with Crippen LogP contribution in [0.2, 0.25) is 5.02 Å². The summed E-state index contributed by atoms with van der Waals surface area (Å²) in [5, 5.41) is 8.60. The van der Waals surface area contributed by atoms with Crippen LogP contribution in [0, 0.1) is 0 Å². The van der Waals surface area contributed by atoms with Gasteiger partial charge >= 0.3 is 0 Å². The van der Waals surface area contributed by atoms with Crippen molar-refractivity contribution in [2.45, 2.75) is 0 Å². The predicted octanol–water partition coefficient (Wildman–Crippen LogP) is 5.56. The van der Waals surface area contributed by atoms with Crippen molar-refractivity contribution in [1.29, 1.82) is 0 Å². The molecule has 0 fully saturated rings. The van der Waals surface area contributed by atoms with Gasteiger partial charge in [-0.05, 0) is 48.5 Å². The molecule has 0 aliphatic carbocycles. The molecule has 2 aromatic heterocycles. The molecule has 0 spiro atoms. The van der Waals surface area contributed by atoms with Gasteiger partial charge < -0.3 is 15.1 Å². The summed E-state index contributed by atoms with van der Waals surface area (Å²) in [6, 6.07) is 17.3. The molecule has 0 radical (unpaired) electrons. The molecule has 0 bridgehead atoms. The molecule has 29 heavy (non-hydrogen) atoms. The zero-order chi connectivity index (χ0) is 20.2. The van der Waals surface area contributed by atoms with Gasteiger partial charge in [0, 0.05) is 27.3 Å². The van der Waals surface area contributed by atoms with Gasteiger partial charge in [0.1, 0.15) is 10.7 Å². The lowest BCUT2D eigenvalue weighted by molar-refractivity contribution is 0.0994. The lowest BCUT2D eigenvalue weighted by Gasteiger charge is -2.06. The van der Waals surface area contributed by atoms with Crippen LogP contribution < -0.4 is 10.6 Å². The van der Waals surface area contributed by atoms with Crippen molar-refractivity contribution in [3.05, 3.63) is 88.8 Å². The van der Waals surface area contributed by atoms with Crippen LogP contribution in [0.1, 0.15) is 21.0 Å². The van der Waals surface area contributed by atoms with Crippen LogP contribution in [0.3, 0.4) is 0 Å². The first kappa shape index (κ1) is 18.9. The van der Waals surface area contributed by atoms with Crippen LogP contribution >= 0.6 is 22.9 Å². The standard InChI is InChI=1S/C21H14ClN3O3S/c22-14-5-3-13(4-6-14)21-25-17(12-29-21)19(26)23-15-7-9-16(10-8-15)24-20(27)18-2-1-11-28-18/h1-12H,(H,23,26)(H,24,27). The van der Waals surface area contributed by atoms with Gasteiger partial charge in [-0.1, -0.05) is 23.7 Å². The lowest BCUT2D eigenvalue weighted by atomic mass is 10.2. The number of benzene rings is 2. The second-order valence-corrected chi connectivity index (χ2v) is 7.30. The zero-order valence-corrected chi connectivity index (χ0v) is 16.5. The molecule has 0 aliphatic rings. The molecular weight excluding hydrogens is 410 g/mol. The van der Waals surface area contributed by atoms with E-state index in [-0.39, 0.29) is 17.6 Å². The van der Waals surface area contributed by atoms with Crippen molar-refractivity contribution >= 4 is 46.1 Å². The van der Waals surface area contributed by atoms with Gasteiger partial charge in [0.15, 0.2) is 5.76 Å². The Kier molecular flexibility index (Phi) is 5.41. The number of aromatic nitrogens is 1. The quantitative estimate of drug-likeness (QED) is 0.440. The highest BCUT2D eigenvalue weighted by Gasteiger charge is 2.13. The van der Waals surface area contributed by atoms with Crippen LogP contribution in [-0.4, -0.2) is 16.8 Å². The molecular formula is C21H14ClN3O3S. The molecule has 0 atom stereocenters. The summed E-state index contributed by atoms with van der Waals surface area (Å²) in [7, 11) is 0. The molecule has 8 heteroatoms. The molecule has 4 aromatic rings. The third-order valence-electron chi connectivity index (χ3n) is 3.97. The fourth-order valence-corrected chi connectivity index (χ4v) is 3.47. The van der Waals surface area contributed by atoms with E-state index >= 15 is 0 Å². The summed E-state index contributed by atoms with van der Waals surface area (Å²) >= 11 is 7.28. The number of halogens is 1. The summed E-state index contributed by atoms with van der Waals surface area (Å²) in [6.45, 7) is 0. The Morgan fingerprint density at radius 2 is 1.55 bits per heavy atom. The average Bonchev–Trinajstić information content (AvgIpc) is 3.42. The SMILES string of the molecule is O=C(Nc1ccc(NC(=O)c2ccco2)cc1)c1csc(-c2ccc(Cl)cc2)n1. The summed E-state index contributed by atoms with van der Waals surface area (Å²) in [6.07, 6.45) is 1.43. The van der Waals surface area contributed by atoms with Crippen LogP contribution in [-0.2, 0) is 0 Å². The topological polar surface area (TPSA) is 84.2 Å². The number of carbonyl (C=O) groups is 2. The minimum atomic E-state index is -0.344. The van der Waals surface area contributed by atoms with Crippen LogP contribution in [0.4, 0.5) is 11.4 Å². The largest absolute Gasteiger partial charge is 0.459 e. The van der Waals surface area contributed by atoms with Gasteiger partial charge in [-0.15, -0.1) is 11.3 Å². The lowest BCUT2D eigenvalue weighted by Crippen LogP contribution is -2.13. The Morgan fingerprint density at radius 3 is 2.17 bits per heavy atom. The Hall–Kier alpha value is -3.42. The molecule has 2 heterocycles. The second-order valence-electron chi connectivity index (χ2n) is 6.01. The number of furan rings is 1. The normalized spacial score (nSPS) is 10.5. The van der Waals surface area contributed by atoms with E-state index in [0.717, 1.165) is 10.6 Å². The number of rotatable bonds is 5. The maximum Gasteiger partial charge on any atom is 0.291 e. The first-order valence-electron chi connectivity index (χ1n) is 8.56. The molecule has 2 N–H and O–H groups in total. The smallest absolute Gasteiger partial charge is 0.291 e. The van der Waals surface area contributed by atoms with Crippen LogP contribution in [0.15, 0.2) is 76.7 Å². The van der Waals surface area contributed by atoms with Gasteiger partial charge in [0.2, 0.25) is 0 Å². The monoisotopic (exact) mass is 423 g/mol. The number of nitrogens with one attached hydrogen (secondary N) is 2. The summed E-state index contributed by atoms with van der Waals surface area (Å²) in [5.74, 6) is -0.430. The summed E-state index contributed by atoms with van der Waals surface area (Å²) < 4.78 is 5.05. The van der Waals surface area contributed by atoms with Crippen molar-refractivity contribution in [3.8, 4) is 10.6 Å². The van der Waals surface area contributed by atoms with Crippen molar-refractivity contribution in [2.75, 3.05) is 10.6 Å². The summed E-state index contributed by atoms with van der Waals surface area (Å²) in [4.78, 5) is 28.8. The van der Waals surface area contributed by atoms with Gasteiger partial charge in [0.05, 0.1) is 6.26 Å². The fourth-order valence-electron chi connectivity index (χ4n) is 2.54. The van der Waals surface area contributed by atoms with Gasteiger partial charge in [-0.3, -0.25) is 9.59 Å². The van der Waals surface area contributed by atoms with E-state index in [2.05, 4.69) is 15.6 Å². The van der Waals surface area contributed by atoms with E-state index < -0.39 is 0 Å². The van der Waals surface area contributed by atoms with Gasteiger partial charge in [-0.2, -0.15) is 0 Å². The maximum absolute atomic E-state index is 12.5. The van der Waals surface area contributed by atoms with Crippen LogP contribution in [0.5, 0.6) is 0 Å². The average molecular weight is 424 g/mol. The minimum Gasteiger partial charge on any atom is -0.459 e. The third kappa shape index (κ3) is 4.53. The molecule has 0 unspecified atom stereocenters. The molecule has 0 saturated heterocycles. The number of anilines is 2. The highest BCUT2D eigenvalue weighted by atomic mass is 35.5. The molecule has 0 aliphatic heterocycles. The van der Waals surface area contributed by atoms with E-state index in [1.807, 2.05) is 12.1 Å². The second kappa shape index (κ2) is 8.30. The Bertz CT molecular complexity index is 1140. The van der Waals surface area contributed by atoms with Crippen molar-refractivity contribution in [1.82, 2.24) is 4.98 Å². The maximum atomic E-state index is 12.5. The fraction of sp³-hybridized carbons (Fsp3) is 0. The molecule has 4 rings (SSSR count). The number of amides is 2. The van der Waals surface area contributed by atoms with E-state index in [4.69, 9.17) is 16.0 Å². The summed E-state index contributed by atoms with van der Waals surface area (Å²) in [5.41, 5.74) is 2.40. The first-order valence-corrected chi connectivity index (χ1v) is 9.82. The van der Waals surface area contributed by atoms with E-state index in [1.54, 1.807) is 53.9 Å². The third-order valence-corrected chi connectivity index (χ3v) is 5.12. The first-order chi connectivity index (χ1) is 14.1. The Morgan fingerprint density at radius 1 is 0.897 bits per heavy atom. The Balaban J connectivity index is 1.39. The zero-order valence-electron chi connectivity index (χ0n) is 14.9. The highest BCUT2D eigenvalue weighted by molar-refractivity contribution is 7.13. The minimum absolute atomic E-state index is 0.224. The van der Waals surface area contributed by atoms with E-state index in [1.165, 1.54) is 17.6 Å².